The van der Waals surface area contributed by atoms with E-state index < -0.39 is 40.1 Å². The molecular weight excluding hydrogens is 442 g/mol. The molecule has 0 radical (unpaired) electrons. The fourth-order valence-electron chi connectivity index (χ4n) is 3.71. The van der Waals surface area contributed by atoms with E-state index in [0.717, 1.165) is 24.6 Å². The van der Waals surface area contributed by atoms with Crippen molar-refractivity contribution in [1.29, 1.82) is 0 Å². The maximum Gasteiger partial charge on any atom is 0.338 e. The molecule has 3 rings (SSSR count). The Morgan fingerprint density at radius 1 is 1.06 bits per heavy atom. The van der Waals surface area contributed by atoms with Gasteiger partial charge in [-0.25, -0.2) is 22.0 Å². The van der Waals surface area contributed by atoms with Gasteiger partial charge in [0, 0.05) is 19.2 Å². The number of benzene rings is 2. The highest BCUT2D eigenvalue weighted by atomic mass is 32.2. The van der Waals surface area contributed by atoms with Gasteiger partial charge in [-0.3, -0.25) is 4.79 Å². The second-order valence-electron chi connectivity index (χ2n) is 8.04. The summed E-state index contributed by atoms with van der Waals surface area (Å²) in [6.07, 6.45) is 0.968. The summed E-state index contributed by atoms with van der Waals surface area (Å²) in [7, 11) is -3.69. The Hall–Kier alpha value is -2.85. The van der Waals surface area contributed by atoms with Crippen molar-refractivity contribution in [2.75, 3.05) is 25.0 Å². The predicted molar refractivity (Wildman–Crippen MR) is 113 cm³/mol. The minimum Gasteiger partial charge on any atom is -0.452 e. The minimum atomic E-state index is -3.69. The fourth-order valence-corrected chi connectivity index (χ4v) is 5.39. The lowest BCUT2D eigenvalue weighted by Gasteiger charge is -2.34. The highest BCUT2D eigenvalue weighted by molar-refractivity contribution is 7.89. The topological polar surface area (TPSA) is 92.8 Å². The van der Waals surface area contributed by atoms with Gasteiger partial charge in [-0.05, 0) is 54.7 Å². The molecule has 0 aliphatic carbocycles. The molecule has 1 saturated heterocycles. The smallest absolute Gasteiger partial charge is 0.338 e. The van der Waals surface area contributed by atoms with Gasteiger partial charge in [0.05, 0.1) is 16.1 Å². The van der Waals surface area contributed by atoms with Crippen molar-refractivity contribution in [3.63, 3.8) is 0 Å². The van der Waals surface area contributed by atoms with Gasteiger partial charge in [0.25, 0.3) is 5.91 Å². The number of piperidine rings is 1. The molecule has 32 heavy (non-hydrogen) atoms. The summed E-state index contributed by atoms with van der Waals surface area (Å²) in [6.45, 7) is 4.18. The molecule has 0 aromatic heterocycles. The van der Waals surface area contributed by atoms with Gasteiger partial charge in [0.1, 0.15) is 11.6 Å². The van der Waals surface area contributed by atoms with Crippen LogP contribution in [0.4, 0.5) is 14.5 Å². The molecule has 0 unspecified atom stereocenters. The Morgan fingerprint density at radius 3 is 2.31 bits per heavy atom. The molecule has 1 heterocycles. The summed E-state index contributed by atoms with van der Waals surface area (Å²) < 4.78 is 58.8. The van der Waals surface area contributed by atoms with Crippen molar-refractivity contribution in [2.24, 2.45) is 11.8 Å². The highest BCUT2D eigenvalue weighted by Gasteiger charge is 2.31. The van der Waals surface area contributed by atoms with E-state index in [9.17, 15) is 26.8 Å². The van der Waals surface area contributed by atoms with Crippen LogP contribution < -0.4 is 5.32 Å². The Labute approximate surface area is 185 Å². The summed E-state index contributed by atoms with van der Waals surface area (Å²) in [5.41, 5.74) is -0.323. The van der Waals surface area contributed by atoms with Crippen molar-refractivity contribution in [2.45, 2.75) is 25.2 Å². The molecule has 0 saturated carbocycles. The molecule has 1 fully saturated rings. The molecule has 2 aromatic rings. The zero-order valence-corrected chi connectivity index (χ0v) is 18.5. The average molecular weight is 467 g/mol. The Bertz CT molecular complexity index is 1100. The monoisotopic (exact) mass is 466 g/mol. The molecule has 172 valence electrons. The Balaban J connectivity index is 1.60. The van der Waals surface area contributed by atoms with Crippen molar-refractivity contribution >= 4 is 27.6 Å². The van der Waals surface area contributed by atoms with E-state index in [1.165, 1.54) is 28.6 Å². The van der Waals surface area contributed by atoms with Gasteiger partial charge in [0.2, 0.25) is 10.0 Å². The number of hydrogen-bond acceptors (Lipinski definition) is 5. The molecule has 1 N–H and O–H groups in total. The molecule has 7 nitrogen and oxygen atoms in total. The normalized spacial score (nSPS) is 19.4. The average Bonchev–Trinajstić information content (AvgIpc) is 2.74. The molecule has 0 bridgehead atoms. The lowest BCUT2D eigenvalue weighted by atomic mass is 9.94. The number of carbonyl (C=O) groups is 2. The van der Waals surface area contributed by atoms with Crippen LogP contribution in [0.25, 0.3) is 0 Å². The molecular formula is C22H24F2N2O5S. The Morgan fingerprint density at radius 2 is 1.69 bits per heavy atom. The number of nitrogens with one attached hydrogen (secondary N) is 1. The van der Waals surface area contributed by atoms with Crippen molar-refractivity contribution in [3.8, 4) is 0 Å². The van der Waals surface area contributed by atoms with Crippen LogP contribution in [0, 0.1) is 23.5 Å². The fraction of sp³-hybridized carbons (Fsp3) is 0.364. The predicted octanol–water partition coefficient (Wildman–Crippen LogP) is 3.43. The van der Waals surface area contributed by atoms with Crippen molar-refractivity contribution in [1.82, 2.24) is 4.31 Å². The van der Waals surface area contributed by atoms with Crippen molar-refractivity contribution in [3.05, 3.63) is 59.7 Å². The van der Waals surface area contributed by atoms with Crippen LogP contribution in [0.15, 0.2) is 47.4 Å². The summed E-state index contributed by atoms with van der Waals surface area (Å²) in [6, 6.07) is 7.81. The van der Waals surface area contributed by atoms with E-state index in [1.54, 1.807) is 0 Å². The first kappa shape index (κ1) is 23.8. The highest BCUT2D eigenvalue weighted by Crippen LogP contribution is 2.26. The number of rotatable bonds is 6. The minimum absolute atomic E-state index is 0.0501. The number of ether oxygens (including phenoxy) is 1. The number of amides is 1. The molecule has 1 amide bonds. The number of carbonyl (C=O) groups excluding carboxylic acids is 2. The molecule has 2 aromatic carbocycles. The maximum absolute atomic E-state index is 13.6. The van der Waals surface area contributed by atoms with Crippen LogP contribution in [-0.4, -0.2) is 44.3 Å². The van der Waals surface area contributed by atoms with Gasteiger partial charge < -0.3 is 10.1 Å². The summed E-state index contributed by atoms with van der Waals surface area (Å²) >= 11 is 0. The molecule has 0 spiro atoms. The second-order valence-corrected chi connectivity index (χ2v) is 9.98. The molecule has 10 heteroatoms. The third kappa shape index (κ3) is 5.68. The first-order valence-corrected chi connectivity index (χ1v) is 11.5. The zero-order chi connectivity index (χ0) is 23.5. The quantitative estimate of drug-likeness (QED) is 0.659. The van der Waals surface area contributed by atoms with Crippen LogP contribution in [0.3, 0.4) is 0 Å². The number of esters is 1. The maximum atomic E-state index is 13.6. The van der Waals surface area contributed by atoms with Crippen LogP contribution in [0.2, 0.25) is 0 Å². The van der Waals surface area contributed by atoms with E-state index in [1.807, 2.05) is 13.8 Å². The largest absolute Gasteiger partial charge is 0.452 e. The third-order valence-electron chi connectivity index (χ3n) is 5.10. The van der Waals surface area contributed by atoms with Gasteiger partial charge in [-0.2, -0.15) is 4.31 Å². The Kier molecular flexibility index (Phi) is 7.25. The lowest BCUT2D eigenvalue weighted by molar-refractivity contribution is -0.119. The number of sulfonamides is 1. The van der Waals surface area contributed by atoms with Crippen molar-refractivity contribution < 1.29 is 31.5 Å². The zero-order valence-electron chi connectivity index (χ0n) is 17.7. The van der Waals surface area contributed by atoms with E-state index in [2.05, 4.69) is 5.32 Å². The second kappa shape index (κ2) is 9.74. The molecule has 1 aliphatic heterocycles. The summed E-state index contributed by atoms with van der Waals surface area (Å²) in [5.74, 6) is -2.76. The van der Waals surface area contributed by atoms with Crippen LogP contribution in [0.1, 0.15) is 30.6 Å². The van der Waals surface area contributed by atoms with Gasteiger partial charge in [-0.1, -0.05) is 13.8 Å². The number of anilines is 1. The first-order chi connectivity index (χ1) is 15.1. The first-order valence-electron chi connectivity index (χ1n) is 10.1. The molecule has 1 aliphatic rings. The number of halogens is 2. The SMILES string of the molecule is C[C@@H]1C[C@@H](C)CN(S(=O)(=O)c2ccc(C(=O)OCC(=O)Nc3cc(F)ccc3F)cc2)C1. The van der Waals surface area contributed by atoms with Crippen LogP contribution in [-0.2, 0) is 19.6 Å². The number of nitrogens with zero attached hydrogens (tertiary/aromatic N) is 1. The summed E-state index contributed by atoms with van der Waals surface area (Å²) in [4.78, 5) is 24.1. The summed E-state index contributed by atoms with van der Waals surface area (Å²) in [5, 5.41) is 2.11. The van der Waals surface area contributed by atoms with E-state index in [4.69, 9.17) is 4.74 Å². The van der Waals surface area contributed by atoms with Crippen LogP contribution in [0.5, 0.6) is 0 Å². The third-order valence-corrected chi connectivity index (χ3v) is 6.95. The van der Waals surface area contributed by atoms with E-state index in [0.29, 0.717) is 13.1 Å². The van der Waals surface area contributed by atoms with E-state index >= 15 is 0 Å². The van der Waals surface area contributed by atoms with Gasteiger partial charge in [0.15, 0.2) is 6.61 Å². The standard InChI is InChI=1S/C22H24F2N2O5S/c1-14-9-15(2)12-26(11-14)32(29,30)18-6-3-16(4-7-18)22(28)31-13-21(27)25-20-10-17(23)5-8-19(20)24/h3-8,10,14-15H,9,11-13H2,1-2H3,(H,25,27)/t14-,15-/m1/s1. The van der Waals surface area contributed by atoms with Crippen LogP contribution >= 0.6 is 0 Å². The van der Waals surface area contributed by atoms with Gasteiger partial charge in [-0.15, -0.1) is 0 Å². The lowest BCUT2D eigenvalue weighted by Crippen LogP contribution is -2.42. The number of hydrogen-bond donors (Lipinski definition) is 1. The molecule has 2 atom stereocenters. The van der Waals surface area contributed by atoms with Gasteiger partial charge >= 0.3 is 5.97 Å². The van der Waals surface area contributed by atoms with E-state index in [-0.39, 0.29) is 28.0 Å².